The lowest BCUT2D eigenvalue weighted by Crippen LogP contribution is -2.44. The lowest BCUT2D eigenvalue weighted by atomic mass is 10.1. The number of halogens is 1. The van der Waals surface area contributed by atoms with Crippen LogP contribution in [0, 0.1) is 27.7 Å². The molecule has 32 heavy (non-hydrogen) atoms. The highest BCUT2D eigenvalue weighted by Gasteiger charge is 2.35. The fourth-order valence-electron chi connectivity index (χ4n) is 3.27. The van der Waals surface area contributed by atoms with Gasteiger partial charge in [-0.05, 0) is 82.1 Å². The fourth-order valence-corrected chi connectivity index (χ4v) is 4.86. The molecule has 0 fully saturated rings. The summed E-state index contributed by atoms with van der Waals surface area (Å²) in [5, 5.41) is 0.625. The Kier molecular flexibility index (Phi) is 6.96. The van der Waals surface area contributed by atoms with E-state index in [0.29, 0.717) is 10.8 Å². The molecule has 0 saturated heterocycles. The van der Waals surface area contributed by atoms with Crippen molar-refractivity contribution in [1.29, 1.82) is 0 Å². The van der Waals surface area contributed by atoms with Crippen LogP contribution < -0.4 is 9.04 Å². The van der Waals surface area contributed by atoms with E-state index < -0.39 is 22.0 Å². The minimum absolute atomic E-state index is 0.0300. The molecule has 7 heteroatoms. The number of rotatable bonds is 6. The second-order valence-electron chi connectivity index (χ2n) is 7.89. The molecule has 0 aromatic heterocycles. The van der Waals surface area contributed by atoms with Crippen molar-refractivity contribution in [3.05, 3.63) is 87.9 Å². The van der Waals surface area contributed by atoms with Crippen molar-refractivity contribution in [2.45, 2.75) is 45.6 Å². The van der Waals surface area contributed by atoms with Crippen molar-refractivity contribution in [3.63, 3.8) is 0 Å². The minimum Gasteiger partial charge on any atom is -0.481 e. The fraction of sp³-hybridized carbons (Fsp3) is 0.240. The zero-order valence-corrected chi connectivity index (χ0v) is 20.3. The van der Waals surface area contributed by atoms with Crippen LogP contribution in [0.1, 0.15) is 29.2 Å². The van der Waals surface area contributed by atoms with Gasteiger partial charge in [-0.1, -0.05) is 47.0 Å². The standard InChI is InChI=1S/C25H26ClNO4S/c1-16-6-10-21(11-7-16)27(32(29,30)23-12-8-17(2)9-13-23)25(28)20(5)31-22-14-18(3)24(26)19(4)15-22/h6-15,20H,1-5H3. The van der Waals surface area contributed by atoms with Crippen molar-refractivity contribution in [2.75, 3.05) is 4.31 Å². The first kappa shape index (κ1) is 23.8. The molecule has 0 aliphatic heterocycles. The first-order valence-corrected chi connectivity index (χ1v) is 12.0. The van der Waals surface area contributed by atoms with Crippen molar-refractivity contribution in [2.24, 2.45) is 0 Å². The molecule has 3 aromatic carbocycles. The Hall–Kier alpha value is -2.83. The maximum atomic E-state index is 13.5. The maximum Gasteiger partial charge on any atom is 0.281 e. The van der Waals surface area contributed by atoms with Gasteiger partial charge in [0.15, 0.2) is 6.10 Å². The molecule has 0 radical (unpaired) electrons. The Morgan fingerprint density at radius 1 is 0.875 bits per heavy atom. The highest BCUT2D eigenvalue weighted by atomic mass is 35.5. The highest BCUT2D eigenvalue weighted by Crippen LogP contribution is 2.29. The molecule has 0 aliphatic rings. The Bertz CT molecular complexity index is 1210. The Morgan fingerprint density at radius 3 is 1.84 bits per heavy atom. The third kappa shape index (κ3) is 4.97. The van der Waals surface area contributed by atoms with Gasteiger partial charge in [-0.2, -0.15) is 4.31 Å². The molecule has 1 atom stereocenters. The summed E-state index contributed by atoms with van der Waals surface area (Å²) in [4.78, 5) is 13.5. The highest BCUT2D eigenvalue weighted by molar-refractivity contribution is 7.93. The number of anilines is 1. The predicted octanol–water partition coefficient (Wildman–Crippen LogP) is 5.76. The second kappa shape index (κ2) is 9.35. The van der Waals surface area contributed by atoms with Crippen molar-refractivity contribution in [3.8, 4) is 5.75 Å². The molecule has 0 bridgehead atoms. The number of amides is 1. The number of benzene rings is 3. The topological polar surface area (TPSA) is 63.7 Å². The normalized spacial score (nSPS) is 12.3. The van der Waals surface area contributed by atoms with Crippen molar-refractivity contribution < 1.29 is 17.9 Å². The molecule has 3 rings (SSSR count). The number of carbonyl (C=O) groups excluding carboxylic acids is 1. The number of sulfonamides is 1. The van der Waals surface area contributed by atoms with E-state index in [1.807, 2.05) is 27.7 Å². The summed E-state index contributed by atoms with van der Waals surface area (Å²) in [5.74, 6) is -0.249. The summed E-state index contributed by atoms with van der Waals surface area (Å²) < 4.78 is 33.7. The van der Waals surface area contributed by atoms with Gasteiger partial charge in [-0.25, -0.2) is 8.42 Å². The molecule has 0 heterocycles. The zero-order chi connectivity index (χ0) is 23.6. The van der Waals surface area contributed by atoms with Crippen LogP contribution in [0.25, 0.3) is 0 Å². The molecule has 1 unspecified atom stereocenters. The predicted molar refractivity (Wildman–Crippen MR) is 128 cm³/mol. The number of nitrogens with zero attached hydrogens (tertiary/aromatic N) is 1. The van der Waals surface area contributed by atoms with Crippen LogP contribution in [0.15, 0.2) is 65.6 Å². The van der Waals surface area contributed by atoms with E-state index in [9.17, 15) is 13.2 Å². The van der Waals surface area contributed by atoms with Crippen LogP contribution in [-0.4, -0.2) is 20.4 Å². The van der Waals surface area contributed by atoms with E-state index in [1.54, 1.807) is 48.5 Å². The van der Waals surface area contributed by atoms with E-state index in [4.69, 9.17) is 16.3 Å². The molecular weight excluding hydrogens is 446 g/mol. The number of hydrogen-bond donors (Lipinski definition) is 0. The largest absolute Gasteiger partial charge is 0.481 e. The first-order valence-electron chi connectivity index (χ1n) is 10.2. The number of hydrogen-bond acceptors (Lipinski definition) is 4. The van der Waals surface area contributed by atoms with Gasteiger partial charge in [0.1, 0.15) is 5.75 Å². The molecule has 0 spiro atoms. The van der Waals surface area contributed by atoms with E-state index in [-0.39, 0.29) is 10.6 Å². The summed E-state index contributed by atoms with van der Waals surface area (Å²) in [6.45, 7) is 8.98. The molecule has 3 aromatic rings. The third-order valence-corrected chi connectivity index (χ3v) is 7.43. The molecule has 1 amide bonds. The molecule has 168 valence electrons. The lowest BCUT2D eigenvalue weighted by molar-refractivity contribution is -0.123. The molecule has 5 nitrogen and oxygen atoms in total. The molecule has 0 N–H and O–H groups in total. The van der Waals surface area contributed by atoms with Gasteiger partial charge >= 0.3 is 0 Å². The van der Waals surface area contributed by atoms with Crippen LogP contribution in [0.2, 0.25) is 5.02 Å². The van der Waals surface area contributed by atoms with Crippen LogP contribution in [0.4, 0.5) is 5.69 Å². The number of ether oxygens (including phenoxy) is 1. The third-order valence-electron chi connectivity index (χ3n) is 5.10. The van der Waals surface area contributed by atoms with E-state index in [0.717, 1.165) is 26.6 Å². The average molecular weight is 472 g/mol. The van der Waals surface area contributed by atoms with Crippen molar-refractivity contribution in [1.82, 2.24) is 0 Å². The van der Waals surface area contributed by atoms with Crippen LogP contribution in [0.5, 0.6) is 5.75 Å². The number of aryl methyl sites for hydroxylation is 4. The molecular formula is C25H26ClNO4S. The van der Waals surface area contributed by atoms with Gasteiger partial charge < -0.3 is 4.74 Å². The monoisotopic (exact) mass is 471 g/mol. The molecule has 0 aliphatic carbocycles. The van der Waals surface area contributed by atoms with E-state index in [2.05, 4.69) is 0 Å². The maximum absolute atomic E-state index is 13.5. The van der Waals surface area contributed by atoms with E-state index in [1.165, 1.54) is 19.1 Å². The van der Waals surface area contributed by atoms with Gasteiger partial charge in [-0.3, -0.25) is 4.79 Å². The van der Waals surface area contributed by atoms with Crippen LogP contribution >= 0.6 is 11.6 Å². The van der Waals surface area contributed by atoms with Crippen LogP contribution in [0.3, 0.4) is 0 Å². The van der Waals surface area contributed by atoms with Gasteiger partial charge in [0.2, 0.25) is 0 Å². The Morgan fingerprint density at radius 2 is 1.34 bits per heavy atom. The number of carbonyl (C=O) groups is 1. The van der Waals surface area contributed by atoms with E-state index >= 15 is 0 Å². The lowest BCUT2D eigenvalue weighted by Gasteiger charge is -2.26. The Labute approximate surface area is 194 Å². The summed E-state index contributed by atoms with van der Waals surface area (Å²) in [6, 6.07) is 16.6. The Balaban J connectivity index is 2.02. The quantitative estimate of drug-likeness (QED) is 0.458. The molecule has 0 saturated carbocycles. The van der Waals surface area contributed by atoms with Gasteiger partial charge in [-0.15, -0.1) is 0 Å². The SMILES string of the molecule is Cc1ccc(N(C(=O)C(C)Oc2cc(C)c(Cl)c(C)c2)S(=O)(=O)c2ccc(C)cc2)cc1. The van der Waals surface area contributed by atoms with Gasteiger partial charge in [0, 0.05) is 5.02 Å². The van der Waals surface area contributed by atoms with Crippen molar-refractivity contribution >= 4 is 33.2 Å². The average Bonchev–Trinajstić information content (AvgIpc) is 2.73. The summed E-state index contributed by atoms with van der Waals surface area (Å²) in [6.07, 6.45) is -1.06. The summed E-state index contributed by atoms with van der Waals surface area (Å²) in [7, 11) is -4.16. The second-order valence-corrected chi connectivity index (χ2v) is 10.1. The van der Waals surface area contributed by atoms with Gasteiger partial charge in [0.25, 0.3) is 15.9 Å². The van der Waals surface area contributed by atoms with Gasteiger partial charge in [0.05, 0.1) is 10.6 Å². The minimum atomic E-state index is -4.16. The zero-order valence-electron chi connectivity index (χ0n) is 18.7. The summed E-state index contributed by atoms with van der Waals surface area (Å²) >= 11 is 6.22. The summed E-state index contributed by atoms with van der Waals surface area (Å²) in [5.41, 5.74) is 3.74. The smallest absolute Gasteiger partial charge is 0.281 e. The first-order chi connectivity index (χ1) is 15.0. The van der Waals surface area contributed by atoms with Crippen LogP contribution in [-0.2, 0) is 14.8 Å².